The predicted molar refractivity (Wildman–Crippen MR) is 107 cm³/mol. The second-order valence-corrected chi connectivity index (χ2v) is 6.21. The number of hydrogen-bond donors (Lipinski definition) is 1. The van der Waals surface area contributed by atoms with E-state index in [2.05, 4.69) is 25.4 Å². The first-order valence-corrected chi connectivity index (χ1v) is 9.04. The Morgan fingerprint density at radius 3 is 2.72 bits per heavy atom. The quantitative estimate of drug-likeness (QED) is 0.486. The molecular weight excluding hydrogens is 373 g/mol. The molecule has 1 amide bonds. The minimum Gasteiger partial charge on any atom is -0.391 e. The van der Waals surface area contributed by atoms with Crippen LogP contribution < -0.4 is 5.32 Å². The van der Waals surface area contributed by atoms with Crippen molar-refractivity contribution in [2.45, 2.75) is 26.9 Å². The van der Waals surface area contributed by atoms with Gasteiger partial charge >= 0.3 is 0 Å². The molecule has 0 bridgehead atoms. The molecule has 29 heavy (non-hydrogen) atoms. The molecule has 0 aliphatic rings. The van der Waals surface area contributed by atoms with E-state index in [4.69, 9.17) is 4.84 Å². The molecule has 0 atom stereocenters. The summed E-state index contributed by atoms with van der Waals surface area (Å²) in [5.74, 6) is -0.663. The van der Waals surface area contributed by atoms with Crippen molar-refractivity contribution in [3.8, 4) is 0 Å². The number of pyridine rings is 3. The van der Waals surface area contributed by atoms with Crippen LogP contribution in [0.3, 0.4) is 0 Å². The lowest BCUT2D eigenvalue weighted by atomic mass is 10.1. The second kappa shape index (κ2) is 9.50. The fourth-order valence-electron chi connectivity index (χ4n) is 2.54. The van der Waals surface area contributed by atoms with E-state index < -0.39 is 11.7 Å². The first kappa shape index (κ1) is 20.1. The normalized spacial score (nSPS) is 11.2. The molecule has 3 rings (SSSR count). The van der Waals surface area contributed by atoms with Crippen molar-refractivity contribution < 1.29 is 14.0 Å². The summed E-state index contributed by atoms with van der Waals surface area (Å²) in [6.07, 6.45) is 8.06. The molecule has 0 spiro atoms. The minimum absolute atomic E-state index is 0.162. The number of aromatic nitrogens is 3. The third-order valence-corrected chi connectivity index (χ3v) is 4.20. The van der Waals surface area contributed by atoms with E-state index in [1.807, 2.05) is 19.1 Å². The standard InChI is InChI=1S/C21H20FN5O2/c1-3-19(27-29-13-15-5-4-8-23-9-15)16-6-7-20(25-10-16)26-21(28)17-11-24-12-18(22)14(17)2/h4-12H,3,13H2,1-2H3,(H,25,26,28). The fraction of sp³-hybridized carbons (Fsp3) is 0.190. The number of oxime groups is 1. The zero-order chi connectivity index (χ0) is 20.6. The van der Waals surface area contributed by atoms with Gasteiger partial charge in [-0.1, -0.05) is 18.1 Å². The molecule has 3 heterocycles. The van der Waals surface area contributed by atoms with Crippen LogP contribution in [0.4, 0.5) is 10.2 Å². The topological polar surface area (TPSA) is 89.4 Å². The van der Waals surface area contributed by atoms with E-state index in [1.54, 1.807) is 30.7 Å². The van der Waals surface area contributed by atoms with Gasteiger partial charge in [0, 0.05) is 41.5 Å². The highest BCUT2D eigenvalue weighted by atomic mass is 19.1. The summed E-state index contributed by atoms with van der Waals surface area (Å²) in [5.41, 5.74) is 2.82. The Morgan fingerprint density at radius 2 is 2.03 bits per heavy atom. The second-order valence-electron chi connectivity index (χ2n) is 6.21. The van der Waals surface area contributed by atoms with E-state index in [0.717, 1.165) is 23.0 Å². The third kappa shape index (κ3) is 5.19. The van der Waals surface area contributed by atoms with Crippen LogP contribution in [0.2, 0.25) is 0 Å². The number of hydrogen-bond acceptors (Lipinski definition) is 6. The lowest BCUT2D eigenvalue weighted by molar-refractivity contribution is 0.102. The van der Waals surface area contributed by atoms with Gasteiger partial charge in [0.15, 0.2) is 0 Å². The number of anilines is 1. The molecule has 0 aromatic carbocycles. The molecule has 0 unspecified atom stereocenters. The van der Waals surface area contributed by atoms with Gasteiger partial charge in [-0.25, -0.2) is 9.37 Å². The average molecular weight is 393 g/mol. The predicted octanol–water partition coefficient (Wildman–Crippen LogP) is 3.90. The van der Waals surface area contributed by atoms with Crippen LogP contribution >= 0.6 is 0 Å². The van der Waals surface area contributed by atoms with Crippen LogP contribution in [-0.2, 0) is 11.4 Å². The van der Waals surface area contributed by atoms with Crippen molar-refractivity contribution in [1.29, 1.82) is 0 Å². The number of carbonyl (C=O) groups is 1. The van der Waals surface area contributed by atoms with Gasteiger partial charge in [0.1, 0.15) is 18.2 Å². The molecule has 1 N–H and O–H groups in total. The Morgan fingerprint density at radius 1 is 1.17 bits per heavy atom. The third-order valence-electron chi connectivity index (χ3n) is 4.20. The molecule has 0 aliphatic heterocycles. The minimum atomic E-state index is -0.531. The number of carbonyl (C=O) groups excluding carboxylic acids is 1. The first-order valence-electron chi connectivity index (χ1n) is 9.04. The number of nitrogens with one attached hydrogen (secondary N) is 1. The Hall–Kier alpha value is -3.68. The Bertz CT molecular complexity index is 1010. The van der Waals surface area contributed by atoms with Crippen molar-refractivity contribution in [3.05, 3.63) is 83.3 Å². The molecule has 8 heteroatoms. The van der Waals surface area contributed by atoms with E-state index in [9.17, 15) is 9.18 Å². The highest BCUT2D eigenvalue weighted by Crippen LogP contribution is 2.14. The maximum absolute atomic E-state index is 13.6. The highest BCUT2D eigenvalue weighted by Gasteiger charge is 2.13. The van der Waals surface area contributed by atoms with E-state index in [0.29, 0.717) is 18.8 Å². The van der Waals surface area contributed by atoms with Crippen LogP contribution in [-0.4, -0.2) is 26.6 Å². The van der Waals surface area contributed by atoms with Crippen LogP contribution in [0.1, 0.15) is 40.4 Å². The SMILES string of the molecule is CCC(=NOCc1cccnc1)c1ccc(NC(=O)c2cncc(F)c2C)nc1. The van der Waals surface area contributed by atoms with Crippen LogP contribution in [0.25, 0.3) is 0 Å². The lowest BCUT2D eigenvalue weighted by Crippen LogP contribution is -2.15. The highest BCUT2D eigenvalue weighted by molar-refractivity contribution is 6.05. The van der Waals surface area contributed by atoms with E-state index >= 15 is 0 Å². The van der Waals surface area contributed by atoms with Gasteiger partial charge in [-0.3, -0.25) is 14.8 Å². The van der Waals surface area contributed by atoms with Gasteiger partial charge in [0.25, 0.3) is 5.91 Å². The number of halogens is 1. The summed E-state index contributed by atoms with van der Waals surface area (Å²) in [6.45, 7) is 3.81. The maximum atomic E-state index is 13.6. The van der Waals surface area contributed by atoms with Crippen molar-refractivity contribution >= 4 is 17.4 Å². The summed E-state index contributed by atoms with van der Waals surface area (Å²) in [4.78, 5) is 29.7. The molecule has 7 nitrogen and oxygen atoms in total. The summed E-state index contributed by atoms with van der Waals surface area (Å²) >= 11 is 0. The van der Waals surface area contributed by atoms with Gasteiger partial charge in [0.05, 0.1) is 17.5 Å². The zero-order valence-corrected chi connectivity index (χ0v) is 16.1. The molecule has 3 aromatic rings. The summed E-state index contributed by atoms with van der Waals surface area (Å²) in [7, 11) is 0. The van der Waals surface area contributed by atoms with Crippen LogP contribution in [0.5, 0.6) is 0 Å². The Kier molecular flexibility index (Phi) is 6.57. The molecule has 0 saturated carbocycles. The van der Waals surface area contributed by atoms with Crippen molar-refractivity contribution in [2.75, 3.05) is 5.32 Å². The lowest BCUT2D eigenvalue weighted by Gasteiger charge is -2.08. The fourth-order valence-corrected chi connectivity index (χ4v) is 2.54. The molecule has 0 fully saturated rings. The van der Waals surface area contributed by atoms with Crippen molar-refractivity contribution in [3.63, 3.8) is 0 Å². The van der Waals surface area contributed by atoms with Gasteiger partial charge < -0.3 is 10.2 Å². The summed E-state index contributed by atoms with van der Waals surface area (Å²) in [5, 5.41) is 6.82. The summed E-state index contributed by atoms with van der Waals surface area (Å²) in [6, 6.07) is 7.18. The van der Waals surface area contributed by atoms with Crippen molar-refractivity contribution in [1.82, 2.24) is 15.0 Å². The average Bonchev–Trinajstić information content (AvgIpc) is 2.74. The first-order chi connectivity index (χ1) is 14.1. The van der Waals surface area contributed by atoms with Crippen molar-refractivity contribution in [2.24, 2.45) is 5.16 Å². The summed E-state index contributed by atoms with van der Waals surface area (Å²) < 4.78 is 13.6. The van der Waals surface area contributed by atoms with Gasteiger partial charge in [-0.15, -0.1) is 0 Å². The Labute approximate surface area is 167 Å². The molecule has 3 aromatic heterocycles. The number of nitrogens with zero attached hydrogens (tertiary/aromatic N) is 4. The van der Waals surface area contributed by atoms with Crippen LogP contribution in [0.15, 0.2) is 60.4 Å². The van der Waals surface area contributed by atoms with Gasteiger partial charge in [0.2, 0.25) is 0 Å². The monoisotopic (exact) mass is 393 g/mol. The number of rotatable bonds is 7. The largest absolute Gasteiger partial charge is 0.391 e. The van der Waals surface area contributed by atoms with Crippen LogP contribution in [0, 0.1) is 12.7 Å². The molecule has 0 saturated heterocycles. The Balaban J connectivity index is 1.65. The number of amides is 1. The van der Waals surface area contributed by atoms with E-state index in [1.165, 1.54) is 13.1 Å². The zero-order valence-electron chi connectivity index (χ0n) is 16.1. The smallest absolute Gasteiger partial charge is 0.258 e. The van der Waals surface area contributed by atoms with E-state index in [-0.39, 0.29) is 11.1 Å². The molecule has 148 valence electrons. The molecular formula is C21H20FN5O2. The van der Waals surface area contributed by atoms with Gasteiger partial charge in [-0.05, 0) is 31.5 Å². The molecule has 0 aliphatic carbocycles. The molecule has 0 radical (unpaired) electrons. The van der Waals surface area contributed by atoms with Gasteiger partial charge in [-0.2, -0.15) is 0 Å². The maximum Gasteiger partial charge on any atom is 0.258 e.